The monoisotopic (exact) mass is 442 g/mol. The highest BCUT2D eigenvalue weighted by atomic mass is 32.1. The Labute approximate surface area is 176 Å². The quantitative estimate of drug-likeness (QED) is 0.0909. The van der Waals surface area contributed by atoms with Crippen LogP contribution in [0.2, 0.25) is 0 Å². The van der Waals surface area contributed by atoms with Crippen molar-refractivity contribution in [3.05, 3.63) is 46.0 Å². The summed E-state index contributed by atoms with van der Waals surface area (Å²) in [7, 11) is 0. The van der Waals surface area contributed by atoms with Crippen LogP contribution in [-0.2, 0) is 23.9 Å². The van der Waals surface area contributed by atoms with Crippen molar-refractivity contribution in [3.63, 3.8) is 0 Å². The molecule has 0 heterocycles. The van der Waals surface area contributed by atoms with Crippen LogP contribution in [-0.4, -0.2) is 58.2 Å². The highest BCUT2D eigenvalue weighted by molar-refractivity contribution is 7.80. The first kappa shape index (κ1) is 24.8. The number of nitrogens with one attached hydrogen (secondary N) is 2. The summed E-state index contributed by atoms with van der Waals surface area (Å²) in [6.45, 7) is -0.667. The zero-order valence-electron chi connectivity index (χ0n) is 15.7. The fraction of sp³-hybridized carbons (Fsp3) is 0.412. The van der Waals surface area contributed by atoms with E-state index in [9.17, 15) is 29.3 Å². The maximum Gasteiger partial charge on any atom is 0.382 e. The van der Waals surface area contributed by atoms with Gasteiger partial charge in [0.05, 0.1) is 10.5 Å². The second-order valence-electron chi connectivity index (χ2n) is 6.04. The van der Waals surface area contributed by atoms with E-state index < -0.39 is 53.5 Å². The second-order valence-corrected chi connectivity index (χ2v) is 6.41. The fourth-order valence-electron chi connectivity index (χ4n) is 2.17. The van der Waals surface area contributed by atoms with Gasteiger partial charge in [-0.05, 0) is 18.6 Å². The minimum atomic E-state index is -1.73. The lowest BCUT2D eigenvalue weighted by molar-refractivity contribution is -0.575. The van der Waals surface area contributed by atoms with E-state index in [1.54, 1.807) is 18.2 Å². The second kappa shape index (κ2) is 12.4. The van der Waals surface area contributed by atoms with Gasteiger partial charge in [-0.15, -0.1) is 0 Å². The highest BCUT2D eigenvalue weighted by Crippen LogP contribution is 2.17. The first-order chi connectivity index (χ1) is 14.1. The molecule has 30 heavy (non-hydrogen) atoms. The molecule has 1 rings (SSSR count). The van der Waals surface area contributed by atoms with Gasteiger partial charge in [-0.3, -0.25) is 24.5 Å². The van der Waals surface area contributed by atoms with Crippen LogP contribution in [0.25, 0.3) is 0 Å². The smallest absolute Gasteiger partial charge is 0.382 e. The molecular weight excluding hydrogens is 420 g/mol. The van der Waals surface area contributed by atoms with Gasteiger partial charge in [-0.1, -0.05) is 18.2 Å². The Bertz CT molecular complexity index is 776. The number of esters is 1. The topological polar surface area (TPSA) is 191 Å². The predicted octanol–water partition coefficient (Wildman–Crippen LogP) is -0.772. The molecule has 0 spiro atoms. The third kappa shape index (κ3) is 8.45. The zero-order valence-corrected chi connectivity index (χ0v) is 16.6. The van der Waals surface area contributed by atoms with Gasteiger partial charge in [0.1, 0.15) is 18.6 Å². The number of carboxylic acids is 1. The standard InChI is InChI=1S/C17H22N4O8S/c18-11(17(25)26)6-7-13(22)20-12(9-30)15(24)19-8-14(23)29-16(21(27)28)10-4-2-1-3-5-10/h1-5,11-12,16,30H,6-9,18H2,(H,19,24)(H,20,22)(H,25,26). The van der Waals surface area contributed by atoms with Crippen molar-refractivity contribution in [1.29, 1.82) is 0 Å². The van der Waals surface area contributed by atoms with Crippen molar-refractivity contribution in [2.24, 2.45) is 5.73 Å². The average Bonchev–Trinajstić information content (AvgIpc) is 2.72. The lowest BCUT2D eigenvalue weighted by Gasteiger charge is -2.17. The summed E-state index contributed by atoms with van der Waals surface area (Å²) in [6.07, 6.45) is -2.08. The van der Waals surface area contributed by atoms with Gasteiger partial charge in [0, 0.05) is 12.2 Å². The molecule has 0 aromatic heterocycles. The van der Waals surface area contributed by atoms with Crippen molar-refractivity contribution in [2.75, 3.05) is 12.3 Å². The Morgan fingerprint density at radius 1 is 1.23 bits per heavy atom. The SMILES string of the molecule is NC(CCC(=O)NC(CS)C(=O)NCC(=O)OC(c1ccccc1)[N+](=O)[O-])C(=O)O. The number of nitro groups is 1. The van der Waals surface area contributed by atoms with Gasteiger partial charge >= 0.3 is 18.2 Å². The average molecular weight is 442 g/mol. The van der Waals surface area contributed by atoms with Crippen molar-refractivity contribution in [3.8, 4) is 0 Å². The molecule has 0 radical (unpaired) electrons. The maximum atomic E-state index is 12.1. The first-order valence-corrected chi connectivity index (χ1v) is 9.33. The van der Waals surface area contributed by atoms with Gasteiger partial charge in [0.2, 0.25) is 11.8 Å². The van der Waals surface area contributed by atoms with Crippen molar-refractivity contribution in [2.45, 2.75) is 31.2 Å². The fourth-order valence-corrected chi connectivity index (χ4v) is 2.43. The van der Waals surface area contributed by atoms with Gasteiger partial charge in [-0.2, -0.15) is 12.6 Å². The Morgan fingerprint density at radius 3 is 2.40 bits per heavy atom. The Kier molecular flexibility index (Phi) is 10.3. The van der Waals surface area contributed by atoms with Crippen molar-refractivity contribution in [1.82, 2.24) is 10.6 Å². The normalized spacial score (nSPS) is 13.4. The van der Waals surface area contributed by atoms with Crippen molar-refractivity contribution >= 4 is 36.4 Å². The van der Waals surface area contributed by atoms with Gasteiger partial charge in [0.15, 0.2) is 0 Å². The van der Waals surface area contributed by atoms with Gasteiger partial charge < -0.3 is 26.2 Å². The molecule has 5 N–H and O–H groups in total. The minimum Gasteiger partial charge on any atom is -0.480 e. The summed E-state index contributed by atoms with van der Waals surface area (Å²) in [5.41, 5.74) is 5.45. The van der Waals surface area contributed by atoms with Gasteiger partial charge in [-0.25, -0.2) is 4.79 Å². The molecular formula is C17H22N4O8S. The van der Waals surface area contributed by atoms with Crippen LogP contribution in [0.1, 0.15) is 24.6 Å². The third-order valence-electron chi connectivity index (χ3n) is 3.76. The Balaban J connectivity index is 2.53. The number of nitrogens with zero attached hydrogens (tertiary/aromatic N) is 1. The molecule has 0 aliphatic heterocycles. The highest BCUT2D eigenvalue weighted by Gasteiger charge is 2.28. The number of rotatable bonds is 12. The van der Waals surface area contributed by atoms with Crippen LogP contribution >= 0.6 is 12.6 Å². The van der Waals surface area contributed by atoms with E-state index in [2.05, 4.69) is 23.3 Å². The number of hydrogen-bond donors (Lipinski definition) is 5. The van der Waals surface area contributed by atoms with E-state index >= 15 is 0 Å². The molecule has 0 bridgehead atoms. The van der Waals surface area contributed by atoms with Gasteiger partial charge in [0.25, 0.3) is 0 Å². The summed E-state index contributed by atoms with van der Waals surface area (Å²) in [5.74, 6) is -3.81. The van der Waals surface area contributed by atoms with E-state index in [0.29, 0.717) is 0 Å². The number of nitrogens with two attached hydrogens (primary N) is 1. The molecule has 2 amide bonds. The molecule has 1 aromatic rings. The number of benzene rings is 1. The van der Waals surface area contributed by atoms with Crippen molar-refractivity contribution < 1.29 is 33.9 Å². The number of aliphatic carboxylic acids is 1. The van der Waals surface area contributed by atoms with Crippen LogP contribution in [0.4, 0.5) is 0 Å². The molecule has 0 aliphatic carbocycles. The predicted molar refractivity (Wildman–Crippen MR) is 106 cm³/mol. The molecule has 12 nitrogen and oxygen atoms in total. The lowest BCUT2D eigenvalue weighted by Crippen LogP contribution is -2.49. The number of thiol groups is 1. The molecule has 3 unspecified atom stereocenters. The summed E-state index contributed by atoms with van der Waals surface area (Å²) >= 11 is 3.95. The van der Waals surface area contributed by atoms with Crippen LogP contribution in [0.5, 0.6) is 0 Å². The van der Waals surface area contributed by atoms with Crippen LogP contribution < -0.4 is 16.4 Å². The van der Waals surface area contributed by atoms with E-state index in [1.165, 1.54) is 12.1 Å². The number of hydrogen-bond acceptors (Lipinski definition) is 9. The molecule has 0 saturated carbocycles. The van der Waals surface area contributed by atoms with E-state index in [1.807, 2.05) is 0 Å². The number of ether oxygens (including phenoxy) is 1. The minimum absolute atomic E-state index is 0.112. The Hall–Kier alpha value is -3.19. The molecule has 0 saturated heterocycles. The van der Waals surface area contributed by atoms with Crippen LogP contribution in [0.3, 0.4) is 0 Å². The molecule has 3 atom stereocenters. The summed E-state index contributed by atoms with van der Waals surface area (Å²) in [5, 5.41) is 24.4. The number of carbonyl (C=O) groups excluding carboxylic acids is 3. The Morgan fingerprint density at radius 2 is 1.87 bits per heavy atom. The summed E-state index contributed by atoms with van der Waals surface area (Å²) < 4.78 is 4.80. The molecule has 0 aliphatic rings. The number of carboxylic acid groups (broad SMARTS) is 1. The maximum absolute atomic E-state index is 12.1. The first-order valence-electron chi connectivity index (χ1n) is 8.70. The summed E-state index contributed by atoms with van der Waals surface area (Å²) in [4.78, 5) is 56.8. The summed E-state index contributed by atoms with van der Waals surface area (Å²) in [6, 6.07) is 5.24. The molecule has 0 fully saturated rings. The largest absolute Gasteiger partial charge is 0.480 e. The van der Waals surface area contributed by atoms with E-state index in [4.69, 9.17) is 15.6 Å². The van der Waals surface area contributed by atoms with Crippen LogP contribution in [0, 0.1) is 10.1 Å². The van der Waals surface area contributed by atoms with E-state index in [0.717, 1.165) is 0 Å². The molecule has 1 aromatic carbocycles. The number of amides is 2. The third-order valence-corrected chi connectivity index (χ3v) is 4.13. The molecule has 13 heteroatoms. The lowest BCUT2D eigenvalue weighted by atomic mass is 10.1. The van der Waals surface area contributed by atoms with Crippen LogP contribution in [0.15, 0.2) is 30.3 Å². The zero-order chi connectivity index (χ0) is 22.7. The van der Waals surface area contributed by atoms with E-state index in [-0.39, 0.29) is 24.2 Å². The number of carbonyl (C=O) groups is 4. The molecule has 164 valence electrons.